The van der Waals surface area contributed by atoms with Crippen LogP contribution in [0.4, 0.5) is 0 Å². The minimum atomic E-state index is -3.63. The summed E-state index contributed by atoms with van der Waals surface area (Å²) in [7, 11) is -3.63. The van der Waals surface area contributed by atoms with Gasteiger partial charge in [-0.1, -0.05) is 11.6 Å². The van der Waals surface area contributed by atoms with E-state index in [9.17, 15) is 8.42 Å². The number of sulfonamides is 1. The van der Waals surface area contributed by atoms with Crippen molar-refractivity contribution in [2.75, 3.05) is 13.1 Å². The minimum Gasteiger partial charge on any atom is -0.249 e. The molecule has 1 saturated heterocycles. The molecule has 2 aromatic rings. The molecule has 114 valence electrons. The molecule has 1 atom stereocenters. The second kappa shape index (κ2) is 5.68. The molecule has 1 aliphatic rings. The number of nitriles is 1. The zero-order chi connectivity index (χ0) is 15.7. The molecule has 1 unspecified atom stereocenters. The van der Waals surface area contributed by atoms with Gasteiger partial charge in [-0.25, -0.2) is 18.1 Å². The SMILES string of the molecule is N#Cc1ccc(S(=O)(=O)N2CCC(n3cncn3)C2)cc1Cl. The Bertz CT molecular complexity index is 829. The van der Waals surface area contributed by atoms with Gasteiger partial charge in [-0.3, -0.25) is 0 Å². The monoisotopic (exact) mass is 337 g/mol. The molecule has 2 heterocycles. The van der Waals surface area contributed by atoms with Gasteiger partial charge in [-0.05, 0) is 24.6 Å². The Morgan fingerprint density at radius 1 is 1.41 bits per heavy atom. The number of nitrogens with zero attached hydrogens (tertiary/aromatic N) is 5. The first kappa shape index (κ1) is 15.0. The van der Waals surface area contributed by atoms with Crippen LogP contribution in [-0.2, 0) is 10.0 Å². The van der Waals surface area contributed by atoms with Crippen molar-refractivity contribution >= 4 is 21.6 Å². The van der Waals surface area contributed by atoms with E-state index in [0.717, 1.165) is 0 Å². The van der Waals surface area contributed by atoms with Gasteiger partial charge in [0.2, 0.25) is 10.0 Å². The number of hydrogen-bond donors (Lipinski definition) is 0. The van der Waals surface area contributed by atoms with Gasteiger partial charge in [-0.2, -0.15) is 14.7 Å². The second-order valence-electron chi connectivity index (χ2n) is 4.93. The molecule has 0 spiro atoms. The van der Waals surface area contributed by atoms with E-state index in [1.54, 1.807) is 11.0 Å². The molecule has 0 N–H and O–H groups in total. The molecule has 0 amide bonds. The molecule has 22 heavy (non-hydrogen) atoms. The number of rotatable bonds is 3. The maximum absolute atomic E-state index is 12.6. The summed E-state index contributed by atoms with van der Waals surface area (Å²) in [4.78, 5) is 3.97. The van der Waals surface area contributed by atoms with Gasteiger partial charge in [0.1, 0.15) is 18.7 Å². The summed E-state index contributed by atoms with van der Waals surface area (Å²) in [5.41, 5.74) is 0.252. The molecule has 0 bridgehead atoms. The fourth-order valence-electron chi connectivity index (χ4n) is 2.45. The summed E-state index contributed by atoms with van der Waals surface area (Å²) >= 11 is 5.92. The van der Waals surface area contributed by atoms with Crippen molar-refractivity contribution in [2.45, 2.75) is 17.4 Å². The first-order chi connectivity index (χ1) is 10.5. The number of hydrogen-bond acceptors (Lipinski definition) is 5. The first-order valence-electron chi connectivity index (χ1n) is 6.56. The van der Waals surface area contributed by atoms with Crippen molar-refractivity contribution < 1.29 is 8.42 Å². The Morgan fingerprint density at radius 2 is 2.23 bits per heavy atom. The van der Waals surface area contributed by atoms with Crippen LogP contribution in [0.2, 0.25) is 5.02 Å². The highest BCUT2D eigenvalue weighted by molar-refractivity contribution is 7.89. The van der Waals surface area contributed by atoms with Gasteiger partial charge in [0.05, 0.1) is 21.5 Å². The summed E-state index contributed by atoms with van der Waals surface area (Å²) in [6, 6.07) is 6.03. The average Bonchev–Trinajstić information content (AvgIpc) is 3.18. The van der Waals surface area contributed by atoms with Crippen molar-refractivity contribution in [1.29, 1.82) is 5.26 Å². The molecule has 3 rings (SSSR count). The third-order valence-corrected chi connectivity index (χ3v) is 5.81. The molecule has 1 aromatic carbocycles. The van der Waals surface area contributed by atoms with Crippen LogP contribution < -0.4 is 0 Å². The average molecular weight is 338 g/mol. The standard InChI is InChI=1S/C13H12ClN5O2S/c14-13-5-12(2-1-10(13)6-15)22(20,21)18-4-3-11(7-18)19-9-16-8-17-19/h1-2,5,8-9,11H,3-4,7H2. The van der Waals surface area contributed by atoms with E-state index < -0.39 is 10.0 Å². The van der Waals surface area contributed by atoms with Crippen LogP contribution in [0.1, 0.15) is 18.0 Å². The molecule has 1 aromatic heterocycles. The summed E-state index contributed by atoms with van der Waals surface area (Å²) in [6.07, 6.45) is 3.68. The lowest BCUT2D eigenvalue weighted by molar-refractivity contribution is 0.434. The van der Waals surface area contributed by atoms with Crippen molar-refractivity contribution in [3.8, 4) is 6.07 Å². The highest BCUT2D eigenvalue weighted by Gasteiger charge is 2.33. The third kappa shape index (κ3) is 2.59. The Labute approximate surface area is 132 Å². The Balaban J connectivity index is 1.85. The van der Waals surface area contributed by atoms with Gasteiger partial charge in [0.25, 0.3) is 0 Å². The van der Waals surface area contributed by atoms with E-state index in [1.165, 1.54) is 28.8 Å². The largest absolute Gasteiger partial charge is 0.249 e. The lowest BCUT2D eigenvalue weighted by atomic mass is 10.2. The van der Waals surface area contributed by atoms with Gasteiger partial charge >= 0.3 is 0 Å². The maximum atomic E-state index is 12.6. The van der Waals surface area contributed by atoms with Crippen molar-refractivity contribution in [3.63, 3.8) is 0 Å². The Hall–Kier alpha value is -1.95. The lowest BCUT2D eigenvalue weighted by Gasteiger charge is -2.17. The Morgan fingerprint density at radius 3 is 2.86 bits per heavy atom. The molecule has 0 saturated carbocycles. The van der Waals surface area contributed by atoms with Crippen LogP contribution in [0.5, 0.6) is 0 Å². The summed E-state index contributed by atoms with van der Waals surface area (Å²) in [5.74, 6) is 0. The minimum absolute atomic E-state index is 0.0221. The van der Waals surface area contributed by atoms with Gasteiger partial charge in [-0.15, -0.1) is 0 Å². The molecule has 1 aliphatic heterocycles. The molecular weight excluding hydrogens is 326 g/mol. The van der Waals surface area contributed by atoms with Crippen LogP contribution in [0.3, 0.4) is 0 Å². The van der Waals surface area contributed by atoms with Crippen LogP contribution in [0.15, 0.2) is 35.7 Å². The quantitative estimate of drug-likeness (QED) is 0.845. The third-order valence-electron chi connectivity index (χ3n) is 3.64. The second-order valence-corrected chi connectivity index (χ2v) is 7.28. The van der Waals surface area contributed by atoms with Gasteiger partial charge in [0.15, 0.2) is 0 Å². The molecule has 0 aliphatic carbocycles. The van der Waals surface area contributed by atoms with E-state index >= 15 is 0 Å². The predicted molar refractivity (Wildman–Crippen MR) is 78.6 cm³/mol. The topological polar surface area (TPSA) is 91.9 Å². The van der Waals surface area contributed by atoms with Crippen molar-refractivity contribution in [1.82, 2.24) is 19.1 Å². The summed E-state index contributed by atoms with van der Waals surface area (Å²) in [5, 5.41) is 13.0. The molecule has 7 nitrogen and oxygen atoms in total. The van der Waals surface area contributed by atoms with E-state index in [4.69, 9.17) is 16.9 Å². The van der Waals surface area contributed by atoms with E-state index in [-0.39, 0.29) is 21.5 Å². The predicted octanol–water partition coefficient (Wildman–Crippen LogP) is 1.44. The molecule has 1 fully saturated rings. The van der Waals surface area contributed by atoms with E-state index in [0.29, 0.717) is 19.5 Å². The fraction of sp³-hybridized carbons (Fsp3) is 0.308. The van der Waals surface area contributed by atoms with E-state index in [2.05, 4.69) is 10.1 Å². The van der Waals surface area contributed by atoms with Crippen molar-refractivity contribution in [2.24, 2.45) is 0 Å². The molecule has 0 radical (unpaired) electrons. The smallest absolute Gasteiger partial charge is 0.243 e. The van der Waals surface area contributed by atoms with Crippen LogP contribution in [0, 0.1) is 11.3 Å². The molecule has 9 heteroatoms. The zero-order valence-electron chi connectivity index (χ0n) is 11.4. The van der Waals surface area contributed by atoms with Crippen LogP contribution in [-0.4, -0.2) is 40.6 Å². The zero-order valence-corrected chi connectivity index (χ0v) is 13.0. The molecular formula is C13H12ClN5O2S. The Kier molecular flexibility index (Phi) is 3.87. The number of aromatic nitrogens is 3. The summed E-state index contributed by atoms with van der Waals surface area (Å²) in [6.45, 7) is 0.744. The normalized spacial score (nSPS) is 19.2. The van der Waals surface area contributed by atoms with Gasteiger partial charge in [0, 0.05) is 13.1 Å². The van der Waals surface area contributed by atoms with Crippen LogP contribution in [0.25, 0.3) is 0 Å². The maximum Gasteiger partial charge on any atom is 0.243 e. The highest BCUT2D eigenvalue weighted by atomic mass is 35.5. The van der Waals surface area contributed by atoms with E-state index in [1.807, 2.05) is 6.07 Å². The van der Waals surface area contributed by atoms with Crippen LogP contribution >= 0.6 is 11.6 Å². The lowest BCUT2D eigenvalue weighted by Crippen LogP contribution is -2.29. The fourth-order valence-corrected chi connectivity index (χ4v) is 4.25. The number of halogens is 1. The van der Waals surface area contributed by atoms with Crippen molar-refractivity contribution in [3.05, 3.63) is 41.4 Å². The number of benzene rings is 1. The highest BCUT2D eigenvalue weighted by Crippen LogP contribution is 2.28. The first-order valence-corrected chi connectivity index (χ1v) is 8.38. The summed E-state index contributed by atoms with van der Waals surface area (Å²) < 4.78 is 28.3. The van der Waals surface area contributed by atoms with Gasteiger partial charge < -0.3 is 0 Å².